The lowest BCUT2D eigenvalue weighted by atomic mass is 9.97. The summed E-state index contributed by atoms with van der Waals surface area (Å²) < 4.78 is 0. The Hall–Kier alpha value is -1.10. The highest BCUT2D eigenvalue weighted by Gasteiger charge is 2.31. The third-order valence-corrected chi connectivity index (χ3v) is 3.64. The molecule has 19 heavy (non-hydrogen) atoms. The van der Waals surface area contributed by atoms with Crippen molar-refractivity contribution in [2.45, 2.75) is 58.5 Å². The van der Waals surface area contributed by atoms with Crippen LogP contribution in [-0.2, 0) is 9.59 Å². The van der Waals surface area contributed by atoms with Crippen LogP contribution in [0.25, 0.3) is 0 Å². The van der Waals surface area contributed by atoms with Crippen molar-refractivity contribution >= 4 is 11.9 Å². The van der Waals surface area contributed by atoms with E-state index in [0.29, 0.717) is 12.5 Å². The van der Waals surface area contributed by atoms with Gasteiger partial charge in [-0.3, -0.25) is 14.5 Å². The molecule has 1 amide bonds. The van der Waals surface area contributed by atoms with E-state index in [1.807, 2.05) is 11.8 Å². The molecule has 2 unspecified atom stereocenters. The van der Waals surface area contributed by atoms with Crippen molar-refractivity contribution in [3.8, 4) is 0 Å². The third kappa shape index (κ3) is 5.19. The third-order valence-electron chi connectivity index (χ3n) is 3.64. The number of carbonyl (C=O) groups is 2. The van der Waals surface area contributed by atoms with E-state index in [0.717, 1.165) is 25.8 Å². The minimum atomic E-state index is -0.785. The van der Waals surface area contributed by atoms with E-state index in [1.54, 1.807) is 0 Å². The molecule has 0 aromatic rings. The number of hydrogen-bond acceptors (Lipinski definition) is 3. The largest absolute Gasteiger partial charge is 0.481 e. The van der Waals surface area contributed by atoms with Crippen LogP contribution in [0.2, 0.25) is 0 Å². The number of carboxylic acids is 1. The van der Waals surface area contributed by atoms with Gasteiger partial charge in [0.2, 0.25) is 5.91 Å². The van der Waals surface area contributed by atoms with Crippen molar-refractivity contribution < 1.29 is 14.7 Å². The molecule has 1 rings (SSSR count). The Labute approximate surface area is 115 Å². The number of nitrogens with zero attached hydrogens (tertiary/aromatic N) is 1. The highest BCUT2D eigenvalue weighted by atomic mass is 16.4. The van der Waals surface area contributed by atoms with Gasteiger partial charge in [-0.05, 0) is 32.2 Å². The monoisotopic (exact) mass is 270 g/mol. The molecular formula is C14H26N2O3. The maximum atomic E-state index is 12.1. The predicted octanol–water partition coefficient (Wildman–Crippen LogP) is 1.48. The zero-order valence-corrected chi connectivity index (χ0v) is 12.2. The van der Waals surface area contributed by atoms with E-state index in [2.05, 4.69) is 19.2 Å². The molecule has 0 aromatic carbocycles. The van der Waals surface area contributed by atoms with Crippen molar-refractivity contribution in [3.05, 3.63) is 0 Å². The molecule has 0 spiro atoms. The molecule has 5 nitrogen and oxygen atoms in total. The molecule has 1 fully saturated rings. The zero-order chi connectivity index (χ0) is 14.4. The Morgan fingerprint density at radius 2 is 2.00 bits per heavy atom. The fraction of sp³-hybridized carbons (Fsp3) is 0.857. The summed E-state index contributed by atoms with van der Waals surface area (Å²) in [5, 5.41) is 11.9. The SMILES string of the molecule is CC(C)CNC(=O)C(C)N1CCCCC1CC(=O)O. The number of amides is 1. The molecule has 0 aromatic heterocycles. The first-order chi connectivity index (χ1) is 8.91. The highest BCUT2D eigenvalue weighted by molar-refractivity contribution is 5.81. The van der Waals surface area contributed by atoms with E-state index in [-0.39, 0.29) is 24.4 Å². The Kier molecular flexibility index (Phi) is 6.28. The topological polar surface area (TPSA) is 69.6 Å². The number of carbonyl (C=O) groups excluding carboxylic acids is 1. The first-order valence-corrected chi connectivity index (χ1v) is 7.17. The van der Waals surface area contributed by atoms with Gasteiger partial charge in [0.05, 0.1) is 12.5 Å². The second kappa shape index (κ2) is 7.48. The number of aliphatic carboxylic acids is 1. The second-order valence-electron chi connectivity index (χ2n) is 5.80. The van der Waals surface area contributed by atoms with Gasteiger partial charge in [0, 0.05) is 12.6 Å². The Bertz CT molecular complexity index is 318. The maximum Gasteiger partial charge on any atom is 0.304 e. The number of nitrogens with one attached hydrogen (secondary N) is 1. The average Bonchev–Trinajstić information content (AvgIpc) is 2.35. The standard InChI is InChI=1S/C14H26N2O3/c1-10(2)9-15-14(19)11(3)16-7-5-4-6-12(16)8-13(17)18/h10-12H,4-9H2,1-3H3,(H,15,19)(H,17,18). The van der Waals surface area contributed by atoms with Crippen LogP contribution < -0.4 is 5.32 Å². The molecule has 2 N–H and O–H groups in total. The van der Waals surface area contributed by atoms with E-state index >= 15 is 0 Å². The highest BCUT2D eigenvalue weighted by Crippen LogP contribution is 2.22. The zero-order valence-electron chi connectivity index (χ0n) is 12.2. The lowest BCUT2D eigenvalue weighted by Crippen LogP contribution is -2.52. The summed E-state index contributed by atoms with van der Waals surface area (Å²) >= 11 is 0. The molecule has 1 aliphatic heterocycles. The van der Waals surface area contributed by atoms with Gasteiger partial charge in [0.25, 0.3) is 0 Å². The summed E-state index contributed by atoms with van der Waals surface area (Å²) in [6, 6.07) is -0.255. The van der Waals surface area contributed by atoms with Gasteiger partial charge in [-0.25, -0.2) is 0 Å². The quantitative estimate of drug-likeness (QED) is 0.767. The number of likely N-dealkylation sites (tertiary alicyclic amines) is 1. The van der Waals surface area contributed by atoms with Crippen molar-refractivity contribution in [3.63, 3.8) is 0 Å². The summed E-state index contributed by atoms with van der Waals surface area (Å²) in [6.07, 6.45) is 3.09. The summed E-state index contributed by atoms with van der Waals surface area (Å²) in [7, 11) is 0. The van der Waals surface area contributed by atoms with Gasteiger partial charge in [-0.15, -0.1) is 0 Å². The number of piperidine rings is 1. The molecule has 1 heterocycles. The van der Waals surface area contributed by atoms with Gasteiger partial charge in [0.15, 0.2) is 0 Å². The van der Waals surface area contributed by atoms with Crippen LogP contribution in [-0.4, -0.2) is 47.1 Å². The average molecular weight is 270 g/mol. The molecule has 5 heteroatoms. The Morgan fingerprint density at radius 3 is 2.58 bits per heavy atom. The molecule has 1 saturated heterocycles. The van der Waals surface area contributed by atoms with Crippen LogP contribution >= 0.6 is 0 Å². The molecule has 1 aliphatic rings. The molecule has 0 aliphatic carbocycles. The van der Waals surface area contributed by atoms with Gasteiger partial charge >= 0.3 is 5.97 Å². The van der Waals surface area contributed by atoms with Gasteiger partial charge in [0.1, 0.15) is 0 Å². The first kappa shape index (κ1) is 16.0. The summed E-state index contributed by atoms with van der Waals surface area (Å²) in [5.41, 5.74) is 0. The van der Waals surface area contributed by atoms with Crippen LogP contribution in [0, 0.1) is 5.92 Å². The molecular weight excluding hydrogens is 244 g/mol. The maximum absolute atomic E-state index is 12.1. The van der Waals surface area contributed by atoms with E-state index in [9.17, 15) is 9.59 Å². The van der Waals surface area contributed by atoms with Crippen molar-refractivity contribution in [2.24, 2.45) is 5.92 Å². The van der Waals surface area contributed by atoms with Crippen molar-refractivity contribution in [1.29, 1.82) is 0 Å². The molecule has 2 atom stereocenters. The van der Waals surface area contributed by atoms with Crippen LogP contribution in [0.1, 0.15) is 46.5 Å². The lowest BCUT2D eigenvalue weighted by Gasteiger charge is -2.38. The lowest BCUT2D eigenvalue weighted by molar-refractivity contribution is -0.140. The van der Waals surface area contributed by atoms with Gasteiger partial charge in [-0.2, -0.15) is 0 Å². The molecule has 110 valence electrons. The second-order valence-corrected chi connectivity index (χ2v) is 5.80. The summed E-state index contributed by atoms with van der Waals surface area (Å²) in [4.78, 5) is 25.0. The first-order valence-electron chi connectivity index (χ1n) is 7.17. The minimum Gasteiger partial charge on any atom is -0.481 e. The van der Waals surface area contributed by atoms with Crippen molar-refractivity contribution in [2.75, 3.05) is 13.1 Å². The number of rotatable bonds is 6. The van der Waals surface area contributed by atoms with Crippen LogP contribution in [0.5, 0.6) is 0 Å². The fourth-order valence-corrected chi connectivity index (χ4v) is 2.56. The minimum absolute atomic E-state index is 0.00555. The fourth-order valence-electron chi connectivity index (χ4n) is 2.56. The van der Waals surface area contributed by atoms with Gasteiger partial charge < -0.3 is 10.4 Å². The summed E-state index contributed by atoms with van der Waals surface area (Å²) in [6.45, 7) is 7.46. The van der Waals surface area contributed by atoms with Crippen LogP contribution in [0.3, 0.4) is 0 Å². The summed E-state index contributed by atoms with van der Waals surface area (Å²) in [5.74, 6) is -0.356. The number of hydrogen-bond donors (Lipinski definition) is 2. The number of carboxylic acid groups (broad SMARTS) is 1. The molecule has 0 bridgehead atoms. The molecule has 0 radical (unpaired) electrons. The Balaban J connectivity index is 2.57. The van der Waals surface area contributed by atoms with Crippen LogP contribution in [0.15, 0.2) is 0 Å². The molecule has 0 saturated carbocycles. The Morgan fingerprint density at radius 1 is 1.32 bits per heavy atom. The van der Waals surface area contributed by atoms with E-state index in [1.165, 1.54) is 0 Å². The van der Waals surface area contributed by atoms with E-state index < -0.39 is 5.97 Å². The smallest absolute Gasteiger partial charge is 0.304 e. The van der Waals surface area contributed by atoms with Crippen LogP contribution in [0.4, 0.5) is 0 Å². The van der Waals surface area contributed by atoms with Crippen molar-refractivity contribution in [1.82, 2.24) is 10.2 Å². The van der Waals surface area contributed by atoms with E-state index in [4.69, 9.17) is 5.11 Å². The predicted molar refractivity (Wildman–Crippen MR) is 73.9 cm³/mol. The normalized spacial score (nSPS) is 22.2. The van der Waals surface area contributed by atoms with Gasteiger partial charge in [-0.1, -0.05) is 20.3 Å².